The lowest BCUT2D eigenvalue weighted by atomic mass is 10.1. The minimum atomic E-state index is -0.385. The summed E-state index contributed by atoms with van der Waals surface area (Å²) in [5.74, 6) is -0.385. The highest BCUT2D eigenvalue weighted by atomic mass is 35.5. The van der Waals surface area contributed by atoms with Gasteiger partial charge in [0.15, 0.2) is 0 Å². The first-order chi connectivity index (χ1) is 14.0. The van der Waals surface area contributed by atoms with Crippen LogP contribution in [0.25, 0.3) is 0 Å². The molecule has 0 bridgehead atoms. The van der Waals surface area contributed by atoms with Gasteiger partial charge in [-0.15, -0.1) is 12.4 Å². The van der Waals surface area contributed by atoms with Crippen molar-refractivity contribution < 1.29 is 4.79 Å². The van der Waals surface area contributed by atoms with Crippen molar-refractivity contribution in [3.8, 4) is 6.07 Å². The SMILES string of the molecule is Cc1cccc(N2CCN(/C=C(/C#N)C(=O)NCc3ccccc3Cl)CC2)c1C.Cl. The fourth-order valence-electron chi connectivity index (χ4n) is 3.40. The van der Waals surface area contributed by atoms with Crippen molar-refractivity contribution in [1.29, 1.82) is 5.26 Å². The number of aryl methyl sites for hydroxylation is 1. The molecular weight excluding hydrogens is 419 g/mol. The second kappa shape index (κ2) is 10.9. The maximum absolute atomic E-state index is 12.4. The summed E-state index contributed by atoms with van der Waals surface area (Å²) in [5, 5.41) is 12.8. The predicted octanol–water partition coefficient (Wildman–Crippen LogP) is 4.22. The Morgan fingerprint density at radius 2 is 1.83 bits per heavy atom. The van der Waals surface area contributed by atoms with E-state index in [-0.39, 0.29) is 30.4 Å². The number of amides is 1. The molecule has 2 aromatic carbocycles. The number of hydrogen-bond acceptors (Lipinski definition) is 4. The Bertz CT molecular complexity index is 960. The molecule has 158 valence electrons. The summed E-state index contributed by atoms with van der Waals surface area (Å²) >= 11 is 6.12. The van der Waals surface area contributed by atoms with Gasteiger partial charge in [-0.3, -0.25) is 4.79 Å². The third-order valence-electron chi connectivity index (χ3n) is 5.30. The number of nitriles is 1. The third kappa shape index (κ3) is 5.69. The number of nitrogens with zero attached hydrogens (tertiary/aromatic N) is 3. The molecule has 0 unspecified atom stereocenters. The quantitative estimate of drug-likeness (QED) is 0.553. The van der Waals surface area contributed by atoms with Crippen LogP contribution in [0.5, 0.6) is 0 Å². The smallest absolute Gasteiger partial charge is 0.263 e. The molecule has 1 aliphatic heterocycles. The molecule has 1 heterocycles. The number of anilines is 1. The maximum Gasteiger partial charge on any atom is 0.263 e. The van der Waals surface area contributed by atoms with E-state index >= 15 is 0 Å². The summed E-state index contributed by atoms with van der Waals surface area (Å²) in [6.45, 7) is 7.78. The lowest BCUT2D eigenvalue weighted by molar-refractivity contribution is -0.117. The van der Waals surface area contributed by atoms with Gasteiger partial charge in [0.05, 0.1) is 0 Å². The number of rotatable bonds is 5. The van der Waals surface area contributed by atoms with E-state index in [0.29, 0.717) is 5.02 Å². The first-order valence-corrected chi connectivity index (χ1v) is 10.1. The Kier molecular flexibility index (Phi) is 8.58. The van der Waals surface area contributed by atoms with Crippen LogP contribution >= 0.6 is 24.0 Å². The highest BCUT2D eigenvalue weighted by Crippen LogP contribution is 2.24. The van der Waals surface area contributed by atoms with E-state index in [1.165, 1.54) is 16.8 Å². The second-order valence-corrected chi connectivity index (χ2v) is 7.58. The molecule has 1 saturated heterocycles. The van der Waals surface area contributed by atoms with Gasteiger partial charge in [-0.05, 0) is 42.7 Å². The summed E-state index contributed by atoms with van der Waals surface area (Å²) in [6.07, 6.45) is 1.67. The molecule has 0 aliphatic carbocycles. The Morgan fingerprint density at radius 1 is 1.13 bits per heavy atom. The summed E-state index contributed by atoms with van der Waals surface area (Å²) in [6, 6.07) is 15.7. The Morgan fingerprint density at radius 3 is 2.50 bits per heavy atom. The normalized spacial score (nSPS) is 14.0. The third-order valence-corrected chi connectivity index (χ3v) is 5.67. The van der Waals surface area contributed by atoms with Gasteiger partial charge in [0, 0.05) is 49.6 Å². The molecule has 1 aliphatic rings. The number of benzene rings is 2. The maximum atomic E-state index is 12.4. The van der Waals surface area contributed by atoms with Crippen LogP contribution in [0.15, 0.2) is 54.2 Å². The second-order valence-electron chi connectivity index (χ2n) is 7.17. The largest absolute Gasteiger partial charge is 0.373 e. The topological polar surface area (TPSA) is 59.4 Å². The van der Waals surface area contributed by atoms with Crippen LogP contribution in [-0.2, 0) is 11.3 Å². The van der Waals surface area contributed by atoms with E-state index in [4.69, 9.17) is 11.6 Å². The van der Waals surface area contributed by atoms with Crippen molar-refractivity contribution in [2.75, 3.05) is 31.1 Å². The predicted molar refractivity (Wildman–Crippen MR) is 124 cm³/mol. The van der Waals surface area contributed by atoms with Gasteiger partial charge in [0.2, 0.25) is 0 Å². The van der Waals surface area contributed by atoms with Crippen LogP contribution in [0.1, 0.15) is 16.7 Å². The molecule has 0 atom stereocenters. The van der Waals surface area contributed by atoms with Crippen molar-refractivity contribution in [3.63, 3.8) is 0 Å². The first-order valence-electron chi connectivity index (χ1n) is 9.68. The molecule has 1 amide bonds. The van der Waals surface area contributed by atoms with Crippen LogP contribution in [0.4, 0.5) is 5.69 Å². The monoisotopic (exact) mass is 444 g/mol. The van der Waals surface area contributed by atoms with E-state index < -0.39 is 0 Å². The molecule has 30 heavy (non-hydrogen) atoms. The van der Waals surface area contributed by atoms with Gasteiger partial charge < -0.3 is 15.1 Å². The summed E-state index contributed by atoms with van der Waals surface area (Å²) < 4.78 is 0. The molecule has 0 saturated carbocycles. The van der Waals surface area contributed by atoms with Crippen molar-refractivity contribution in [2.24, 2.45) is 0 Å². The fraction of sp³-hybridized carbons (Fsp3) is 0.304. The number of carbonyl (C=O) groups excluding carboxylic acids is 1. The molecule has 0 radical (unpaired) electrons. The molecule has 7 heteroatoms. The van der Waals surface area contributed by atoms with Crippen molar-refractivity contribution in [1.82, 2.24) is 10.2 Å². The van der Waals surface area contributed by atoms with Crippen LogP contribution in [0, 0.1) is 25.2 Å². The molecule has 2 aromatic rings. The summed E-state index contributed by atoms with van der Waals surface area (Å²) in [5.41, 5.74) is 4.77. The minimum Gasteiger partial charge on any atom is -0.373 e. The van der Waals surface area contributed by atoms with Gasteiger partial charge in [0.1, 0.15) is 11.6 Å². The molecule has 0 spiro atoms. The number of nitrogens with one attached hydrogen (secondary N) is 1. The first kappa shape index (κ1) is 23.6. The Balaban J connectivity index is 0.00000320. The molecule has 5 nitrogen and oxygen atoms in total. The van der Waals surface area contributed by atoms with Crippen LogP contribution < -0.4 is 10.2 Å². The summed E-state index contributed by atoms with van der Waals surface area (Å²) in [7, 11) is 0. The molecule has 0 aromatic heterocycles. The number of carbonyl (C=O) groups is 1. The number of hydrogen-bond donors (Lipinski definition) is 1. The van der Waals surface area contributed by atoms with Crippen molar-refractivity contribution in [2.45, 2.75) is 20.4 Å². The molecule has 1 N–H and O–H groups in total. The highest BCUT2D eigenvalue weighted by Gasteiger charge is 2.19. The van der Waals surface area contributed by atoms with Crippen LogP contribution in [0.3, 0.4) is 0 Å². The molecule has 3 rings (SSSR count). The Labute approximate surface area is 189 Å². The van der Waals surface area contributed by atoms with Gasteiger partial charge in [0.25, 0.3) is 5.91 Å². The van der Waals surface area contributed by atoms with Gasteiger partial charge in [-0.25, -0.2) is 0 Å². The van der Waals surface area contributed by atoms with Crippen LogP contribution in [0.2, 0.25) is 5.02 Å². The number of piperazine rings is 1. The van der Waals surface area contributed by atoms with Gasteiger partial charge in [-0.2, -0.15) is 5.26 Å². The average molecular weight is 445 g/mol. The molecular formula is C23H26Cl2N4O. The van der Waals surface area contributed by atoms with Crippen molar-refractivity contribution >= 4 is 35.6 Å². The van der Waals surface area contributed by atoms with Crippen LogP contribution in [-0.4, -0.2) is 37.0 Å². The zero-order valence-electron chi connectivity index (χ0n) is 17.2. The van der Waals surface area contributed by atoms with E-state index in [2.05, 4.69) is 42.3 Å². The minimum absolute atomic E-state index is 0. The zero-order chi connectivity index (χ0) is 20.8. The van der Waals surface area contributed by atoms with E-state index in [0.717, 1.165) is 31.7 Å². The summed E-state index contributed by atoms with van der Waals surface area (Å²) in [4.78, 5) is 16.8. The zero-order valence-corrected chi connectivity index (χ0v) is 18.8. The average Bonchev–Trinajstić information content (AvgIpc) is 2.74. The van der Waals surface area contributed by atoms with Gasteiger partial charge in [-0.1, -0.05) is 41.9 Å². The van der Waals surface area contributed by atoms with Gasteiger partial charge >= 0.3 is 0 Å². The van der Waals surface area contributed by atoms with E-state index in [1.807, 2.05) is 29.2 Å². The number of halogens is 2. The lowest BCUT2D eigenvalue weighted by Crippen LogP contribution is -2.44. The Hall–Kier alpha value is -2.68. The lowest BCUT2D eigenvalue weighted by Gasteiger charge is -2.36. The fourth-order valence-corrected chi connectivity index (χ4v) is 3.61. The van der Waals surface area contributed by atoms with Crippen molar-refractivity contribution in [3.05, 3.63) is 76.0 Å². The standard InChI is InChI=1S/C23H25ClN4O.ClH/c1-17-6-5-9-22(18(17)2)28-12-10-27(11-13-28)16-20(14-25)23(29)26-15-19-7-3-4-8-21(19)24;/h3-9,16H,10-13,15H2,1-2H3,(H,26,29);1H/b20-16-;. The highest BCUT2D eigenvalue weighted by molar-refractivity contribution is 6.31. The van der Waals surface area contributed by atoms with E-state index in [1.54, 1.807) is 12.3 Å². The molecule has 1 fully saturated rings. The van der Waals surface area contributed by atoms with E-state index in [9.17, 15) is 10.1 Å².